The highest BCUT2D eigenvalue weighted by molar-refractivity contribution is 6.35. The van der Waals surface area contributed by atoms with E-state index in [9.17, 15) is 9.90 Å². The summed E-state index contributed by atoms with van der Waals surface area (Å²) in [4.78, 5) is 17.3. The van der Waals surface area contributed by atoms with Crippen LogP contribution in [0.2, 0.25) is 5.02 Å². The predicted octanol–water partition coefficient (Wildman–Crippen LogP) is 5.74. The monoisotopic (exact) mass is 481 g/mol. The summed E-state index contributed by atoms with van der Waals surface area (Å²) in [6.45, 7) is 0.675. The molecule has 1 atom stereocenters. The van der Waals surface area contributed by atoms with Crippen LogP contribution in [0.15, 0.2) is 97.2 Å². The van der Waals surface area contributed by atoms with Crippen LogP contribution in [-0.2, 0) is 11.3 Å². The molecule has 0 aliphatic rings. The number of nitrogens with zero attached hydrogens (tertiary/aromatic N) is 1. The number of pyridine rings is 1. The summed E-state index contributed by atoms with van der Waals surface area (Å²) in [5, 5.41) is 20.8. The molecule has 0 saturated carbocycles. The third kappa shape index (κ3) is 4.83. The van der Waals surface area contributed by atoms with Crippen LogP contribution < -0.4 is 10.6 Å². The zero-order chi connectivity index (χ0) is 24.2. The van der Waals surface area contributed by atoms with Crippen LogP contribution in [0, 0.1) is 0 Å². The van der Waals surface area contributed by atoms with E-state index >= 15 is 0 Å². The third-order valence-electron chi connectivity index (χ3n) is 6.08. The van der Waals surface area contributed by atoms with Crippen LogP contribution in [0.4, 0.5) is 0 Å². The van der Waals surface area contributed by atoms with Crippen molar-refractivity contribution in [1.29, 1.82) is 0 Å². The smallest absolute Gasteiger partial charge is 0.234 e. The average molecular weight is 482 g/mol. The molecule has 0 radical (unpaired) electrons. The number of halogens is 1. The van der Waals surface area contributed by atoms with Crippen molar-refractivity contribution in [2.45, 2.75) is 12.6 Å². The fourth-order valence-corrected chi connectivity index (χ4v) is 4.65. The number of nitrogens with one attached hydrogen (secondary N) is 2. The quantitative estimate of drug-likeness (QED) is 0.277. The highest BCUT2D eigenvalue weighted by Gasteiger charge is 2.23. The fourth-order valence-electron chi connectivity index (χ4n) is 4.38. The number of carbonyl (C=O) groups is 1. The number of aromatic nitrogens is 1. The minimum absolute atomic E-state index is 0.00266. The van der Waals surface area contributed by atoms with Gasteiger partial charge in [0.1, 0.15) is 11.3 Å². The number of phenolic OH excluding ortho intramolecular Hbond substituents is 1. The van der Waals surface area contributed by atoms with Gasteiger partial charge in [-0.25, -0.2) is 0 Å². The lowest BCUT2D eigenvalue weighted by molar-refractivity contribution is -0.120. The number of fused-ring (bicyclic) bond motifs is 2. The molecule has 0 aliphatic heterocycles. The number of phenols is 1. The number of hydrogen-bond donors (Lipinski definition) is 3. The van der Waals surface area contributed by atoms with Gasteiger partial charge in [0.05, 0.1) is 17.6 Å². The van der Waals surface area contributed by atoms with E-state index in [0.717, 1.165) is 21.9 Å². The third-order valence-corrected chi connectivity index (χ3v) is 6.39. The first-order valence-electron chi connectivity index (χ1n) is 11.4. The van der Waals surface area contributed by atoms with Crippen LogP contribution in [0.1, 0.15) is 22.7 Å². The lowest BCUT2D eigenvalue weighted by Gasteiger charge is -2.22. The average Bonchev–Trinajstić information content (AvgIpc) is 2.90. The Morgan fingerprint density at radius 2 is 1.66 bits per heavy atom. The summed E-state index contributed by atoms with van der Waals surface area (Å²) >= 11 is 6.53. The van der Waals surface area contributed by atoms with Crippen LogP contribution in [0.25, 0.3) is 21.7 Å². The summed E-state index contributed by atoms with van der Waals surface area (Å²) in [6.07, 6.45) is 1.61. The minimum atomic E-state index is -0.591. The van der Waals surface area contributed by atoms with Gasteiger partial charge in [-0.1, -0.05) is 84.4 Å². The van der Waals surface area contributed by atoms with Gasteiger partial charge in [0.25, 0.3) is 0 Å². The molecule has 0 aliphatic carbocycles. The number of amides is 1. The van der Waals surface area contributed by atoms with Crippen molar-refractivity contribution in [3.63, 3.8) is 0 Å². The van der Waals surface area contributed by atoms with E-state index in [1.54, 1.807) is 18.3 Å². The van der Waals surface area contributed by atoms with Crippen molar-refractivity contribution in [1.82, 2.24) is 15.6 Å². The molecule has 0 fully saturated rings. The Hall–Kier alpha value is -3.93. The molecule has 6 heteroatoms. The van der Waals surface area contributed by atoms with E-state index in [0.29, 0.717) is 28.0 Å². The van der Waals surface area contributed by atoms with Gasteiger partial charge in [0.15, 0.2) is 0 Å². The van der Waals surface area contributed by atoms with Gasteiger partial charge in [-0.05, 0) is 40.1 Å². The first kappa shape index (κ1) is 22.8. The summed E-state index contributed by atoms with van der Waals surface area (Å²) in [7, 11) is 0. The molecule has 174 valence electrons. The molecule has 0 saturated heterocycles. The normalized spacial score (nSPS) is 12.0. The molecule has 3 N–H and O–H groups in total. The van der Waals surface area contributed by atoms with Crippen molar-refractivity contribution in [2.24, 2.45) is 0 Å². The van der Waals surface area contributed by atoms with Gasteiger partial charge in [-0.3, -0.25) is 9.78 Å². The molecular weight excluding hydrogens is 458 g/mol. The first-order chi connectivity index (χ1) is 17.1. The molecule has 0 bridgehead atoms. The van der Waals surface area contributed by atoms with Crippen molar-refractivity contribution in [2.75, 3.05) is 6.54 Å². The van der Waals surface area contributed by atoms with Crippen LogP contribution >= 0.6 is 11.6 Å². The maximum atomic E-state index is 13.0. The number of carbonyl (C=O) groups excluding carboxylic acids is 1. The number of benzene rings is 4. The van der Waals surface area contributed by atoms with Crippen molar-refractivity contribution in [3.05, 3.63) is 119 Å². The molecule has 1 amide bonds. The van der Waals surface area contributed by atoms with Crippen LogP contribution in [-0.4, -0.2) is 22.5 Å². The zero-order valence-corrected chi connectivity index (χ0v) is 19.7. The predicted molar refractivity (Wildman–Crippen MR) is 141 cm³/mol. The Bertz CT molecular complexity index is 1500. The molecule has 5 rings (SSSR count). The van der Waals surface area contributed by atoms with Crippen molar-refractivity contribution >= 4 is 39.2 Å². The van der Waals surface area contributed by atoms with Gasteiger partial charge in [0.2, 0.25) is 5.91 Å². The summed E-state index contributed by atoms with van der Waals surface area (Å²) in [5.74, 6) is -0.196. The van der Waals surface area contributed by atoms with Gasteiger partial charge >= 0.3 is 0 Å². The Labute approximate surface area is 208 Å². The maximum absolute atomic E-state index is 13.0. The van der Waals surface area contributed by atoms with Crippen LogP contribution in [0.5, 0.6) is 5.75 Å². The van der Waals surface area contributed by atoms with Crippen molar-refractivity contribution < 1.29 is 9.90 Å². The SMILES string of the molecule is O=C(CNCc1cccc2ccccc12)NC(c1ccccc1)c1cc(Cl)c2cccnc2c1O. The van der Waals surface area contributed by atoms with Gasteiger partial charge in [-0.2, -0.15) is 0 Å². The van der Waals surface area contributed by atoms with E-state index < -0.39 is 6.04 Å². The second-order valence-corrected chi connectivity index (χ2v) is 8.76. The van der Waals surface area contributed by atoms with E-state index in [4.69, 9.17) is 11.6 Å². The Morgan fingerprint density at radius 1 is 0.914 bits per heavy atom. The molecule has 1 aromatic heterocycles. The lowest BCUT2D eigenvalue weighted by atomic mass is 9.96. The number of hydrogen-bond acceptors (Lipinski definition) is 4. The van der Waals surface area contributed by atoms with E-state index in [1.807, 2.05) is 54.6 Å². The maximum Gasteiger partial charge on any atom is 0.234 e. The second-order valence-electron chi connectivity index (χ2n) is 8.35. The topological polar surface area (TPSA) is 74.2 Å². The molecule has 0 spiro atoms. The summed E-state index contributed by atoms with van der Waals surface area (Å²) in [6, 6.07) is 28.5. The summed E-state index contributed by atoms with van der Waals surface area (Å²) < 4.78 is 0. The van der Waals surface area contributed by atoms with Crippen LogP contribution in [0.3, 0.4) is 0 Å². The molecule has 1 unspecified atom stereocenters. The molecule has 5 aromatic rings. The van der Waals surface area contributed by atoms with E-state index in [2.05, 4.69) is 39.9 Å². The highest BCUT2D eigenvalue weighted by Crippen LogP contribution is 2.38. The van der Waals surface area contributed by atoms with E-state index in [-0.39, 0.29) is 18.2 Å². The zero-order valence-electron chi connectivity index (χ0n) is 18.9. The molecule has 35 heavy (non-hydrogen) atoms. The van der Waals surface area contributed by atoms with E-state index in [1.165, 1.54) is 0 Å². The molecule has 4 aromatic carbocycles. The molecular formula is C29H24ClN3O2. The standard InChI is InChI=1S/C29H24ClN3O2/c30-25-16-24(29(35)28-23(25)14-7-15-32-28)27(20-9-2-1-3-10-20)33-26(34)18-31-17-21-12-6-11-19-8-4-5-13-22(19)21/h1-16,27,31,35H,17-18H2,(H,33,34). The highest BCUT2D eigenvalue weighted by atomic mass is 35.5. The van der Waals surface area contributed by atoms with Crippen molar-refractivity contribution in [3.8, 4) is 5.75 Å². The first-order valence-corrected chi connectivity index (χ1v) is 11.8. The fraction of sp³-hybridized carbons (Fsp3) is 0.103. The number of aromatic hydroxyl groups is 1. The molecule has 5 nitrogen and oxygen atoms in total. The van der Waals surface area contributed by atoms with Gasteiger partial charge in [-0.15, -0.1) is 0 Å². The summed E-state index contributed by atoms with van der Waals surface area (Å²) in [5.41, 5.74) is 2.85. The largest absolute Gasteiger partial charge is 0.505 e. The van der Waals surface area contributed by atoms with Gasteiger partial charge in [0, 0.05) is 23.7 Å². The minimum Gasteiger partial charge on any atom is -0.505 e. The Morgan fingerprint density at radius 3 is 2.51 bits per heavy atom. The lowest BCUT2D eigenvalue weighted by Crippen LogP contribution is -2.36. The molecule has 1 heterocycles. The second kappa shape index (κ2) is 10.1. The Balaban J connectivity index is 1.38. The number of rotatable bonds is 7. The van der Waals surface area contributed by atoms with Gasteiger partial charge < -0.3 is 15.7 Å². The Kier molecular flexibility index (Phi) is 6.62.